The van der Waals surface area contributed by atoms with Crippen molar-refractivity contribution >= 4 is 17.8 Å². The summed E-state index contributed by atoms with van der Waals surface area (Å²) in [4.78, 5) is 19.5. The molecule has 1 amide bonds. The van der Waals surface area contributed by atoms with E-state index in [0.717, 1.165) is 5.56 Å². The molecule has 0 bridgehead atoms. The average molecular weight is 460 g/mol. The van der Waals surface area contributed by atoms with Crippen LogP contribution in [0.15, 0.2) is 55.0 Å². The Bertz CT molecular complexity index is 1200. The van der Waals surface area contributed by atoms with Crippen LogP contribution in [0.3, 0.4) is 0 Å². The number of anilines is 1. The van der Waals surface area contributed by atoms with E-state index in [9.17, 15) is 9.18 Å². The van der Waals surface area contributed by atoms with Gasteiger partial charge in [-0.3, -0.25) is 9.89 Å². The van der Waals surface area contributed by atoms with Gasteiger partial charge in [0, 0.05) is 43.2 Å². The summed E-state index contributed by atoms with van der Waals surface area (Å²) in [5, 5.41) is 9.48. The Hall–Kier alpha value is -3.96. The van der Waals surface area contributed by atoms with Crippen molar-refractivity contribution in [2.45, 2.75) is 26.1 Å². The third-order valence-corrected chi connectivity index (χ3v) is 5.24. The number of hydrogen-bond acceptors (Lipinski definition) is 5. The van der Waals surface area contributed by atoms with Crippen LogP contribution in [0.2, 0.25) is 0 Å². The standard InChI is InChI=1S/C26H26FN5O2/c1-18-16-32(17-19(2)34-18)25-22(8-5-20-6-9-24(27)10-7-20)12-23(15-29-25)26(33)28-11-3-4-21-13-30-31-14-21/h3-4,6-7,9-10,12-15,18-19H,11,16-17H2,1-2H3,(H,28,33)(H,30,31)/b4-3+/t18-,19?/m0/s1. The molecule has 3 heterocycles. The molecule has 3 aromatic rings. The third-order valence-electron chi connectivity index (χ3n) is 5.24. The molecule has 2 aromatic heterocycles. The molecule has 7 nitrogen and oxygen atoms in total. The second-order valence-corrected chi connectivity index (χ2v) is 8.16. The maximum atomic E-state index is 13.2. The number of aromatic nitrogens is 3. The molecule has 1 aliphatic rings. The lowest BCUT2D eigenvalue weighted by Crippen LogP contribution is -2.46. The molecule has 1 aromatic carbocycles. The summed E-state index contributed by atoms with van der Waals surface area (Å²) in [6.07, 6.45) is 8.84. The van der Waals surface area contributed by atoms with E-state index in [1.807, 2.05) is 26.0 Å². The topological polar surface area (TPSA) is 83.1 Å². The number of benzene rings is 1. The van der Waals surface area contributed by atoms with Crippen LogP contribution in [0.1, 0.15) is 40.9 Å². The smallest absolute Gasteiger partial charge is 0.253 e. The van der Waals surface area contributed by atoms with E-state index in [4.69, 9.17) is 4.74 Å². The lowest BCUT2D eigenvalue weighted by molar-refractivity contribution is -0.00547. The summed E-state index contributed by atoms with van der Waals surface area (Å²) in [7, 11) is 0. The fourth-order valence-corrected chi connectivity index (χ4v) is 3.75. The molecule has 8 heteroatoms. The number of rotatable bonds is 5. The van der Waals surface area contributed by atoms with Gasteiger partial charge in [-0.1, -0.05) is 24.0 Å². The number of nitrogens with zero attached hydrogens (tertiary/aromatic N) is 3. The molecule has 4 rings (SSSR count). The van der Waals surface area contributed by atoms with Crippen LogP contribution in [-0.2, 0) is 4.74 Å². The van der Waals surface area contributed by atoms with Crippen LogP contribution >= 0.6 is 0 Å². The summed E-state index contributed by atoms with van der Waals surface area (Å²) < 4.78 is 19.1. The first-order chi connectivity index (χ1) is 16.5. The second kappa shape index (κ2) is 10.8. The van der Waals surface area contributed by atoms with Gasteiger partial charge in [-0.25, -0.2) is 9.37 Å². The van der Waals surface area contributed by atoms with Crippen LogP contribution in [0, 0.1) is 17.7 Å². The highest BCUT2D eigenvalue weighted by molar-refractivity contribution is 5.94. The summed E-state index contributed by atoms with van der Waals surface area (Å²) in [6, 6.07) is 7.73. The Balaban J connectivity index is 1.57. The molecular weight excluding hydrogens is 433 g/mol. The van der Waals surface area contributed by atoms with Gasteiger partial charge in [0.15, 0.2) is 0 Å². The van der Waals surface area contributed by atoms with E-state index >= 15 is 0 Å². The molecule has 1 fully saturated rings. The number of amides is 1. The number of H-pyrrole nitrogens is 1. The van der Waals surface area contributed by atoms with Gasteiger partial charge in [0.2, 0.25) is 0 Å². The van der Waals surface area contributed by atoms with Gasteiger partial charge in [0.05, 0.1) is 29.5 Å². The molecule has 0 radical (unpaired) electrons. The molecule has 174 valence electrons. The van der Waals surface area contributed by atoms with E-state index in [0.29, 0.717) is 42.1 Å². The molecule has 0 aliphatic carbocycles. The SMILES string of the molecule is CC1CN(c2ncc(C(=O)NC/C=C/c3cn[nH]c3)cc2C#Cc2ccc(F)cc2)C[C@H](C)O1. The van der Waals surface area contributed by atoms with Crippen LogP contribution in [0.4, 0.5) is 10.2 Å². The van der Waals surface area contributed by atoms with Gasteiger partial charge in [-0.05, 0) is 44.2 Å². The first kappa shape index (κ1) is 23.2. The number of ether oxygens (including phenoxy) is 1. The van der Waals surface area contributed by atoms with Gasteiger partial charge in [0.25, 0.3) is 5.91 Å². The Kier molecular flexibility index (Phi) is 7.35. The van der Waals surface area contributed by atoms with Crippen molar-refractivity contribution in [2.75, 3.05) is 24.5 Å². The summed E-state index contributed by atoms with van der Waals surface area (Å²) in [6.45, 7) is 5.75. The first-order valence-electron chi connectivity index (χ1n) is 11.1. The van der Waals surface area contributed by atoms with E-state index < -0.39 is 0 Å². The van der Waals surface area contributed by atoms with Gasteiger partial charge in [-0.2, -0.15) is 5.10 Å². The van der Waals surface area contributed by atoms with E-state index in [1.165, 1.54) is 12.1 Å². The maximum absolute atomic E-state index is 13.2. The number of halogens is 1. The first-order valence-corrected chi connectivity index (χ1v) is 11.1. The van der Waals surface area contributed by atoms with E-state index in [-0.39, 0.29) is 23.9 Å². The van der Waals surface area contributed by atoms with Gasteiger partial charge >= 0.3 is 0 Å². The van der Waals surface area contributed by atoms with Crippen molar-refractivity contribution in [1.82, 2.24) is 20.5 Å². The molecule has 0 saturated carbocycles. The van der Waals surface area contributed by atoms with Gasteiger partial charge in [-0.15, -0.1) is 0 Å². The quantitative estimate of drug-likeness (QED) is 0.572. The number of carbonyl (C=O) groups is 1. The van der Waals surface area contributed by atoms with E-state index in [1.54, 1.807) is 36.8 Å². The number of pyridine rings is 1. The fraction of sp³-hybridized carbons (Fsp3) is 0.269. The van der Waals surface area contributed by atoms with Crippen molar-refractivity contribution in [3.8, 4) is 11.8 Å². The Morgan fingerprint density at radius 3 is 2.71 bits per heavy atom. The molecule has 1 aliphatic heterocycles. The van der Waals surface area contributed by atoms with Crippen LogP contribution in [-0.4, -0.2) is 52.9 Å². The third kappa shape index (κ3) is 6.09. The molecule has 0 spiro atoms. The van der Waals surface area contributed by atoms with Crippen molar-refractivity contribution in [3.05, 3.63) is 83.1 Å². The number of hydrogen-bond donors (Lipinski definition) is 2. The molecule has 1 saturated heterocycles. The minimum absolute atomic E-state index is 0.0495. The summed E-state index contributed by atoms with van der Waals surface area (Å²) in [5.74, 6) is 6.33. The van der Waals surface area contributed by atoms with Crippen molar-refractivity contribution in [1.29, 1.82) is 0 Å². The Labute approximate surface area is 198 Å². The average Bonchev–Trinajstić information content (AvgIpc) is 3.34. The van der Waals surface area contributed by atoms with Gasteiger partial charge < -0.3 is 15.0 Å². The lowest BCUT2D eigenvalue weighted by Gasteiger charge is -2.36. The van der Waals surface area contributed by atoms with Crippen molar-refractivity contribution in [3.63, 3.8) is 0 Å². The number of nitrogens with one attached hydrogen (secondary N) is 2. The normalized spacial score (nSPS) is 17.9. The number of aromatic amines is 1. The summed E-state index contributed by atoms with van der Waals surface area (Å²) >= 11 is 0. The zero-order valence-electron chi connectivity index (χ0n) is 19.1. The molecule has 2 atom stereocenters. The number of morpholine rings is 1. The highest BCUT2D eigenvalue weighted by Crippen LogP contribution is 2.23. The van der Waals surface area contributed by atoms with Crippen LogP contribution in [0.25, 0.3) is 6.08 Å². The van der Waals surface area contributed by atoms with Crippen LogP contribution in [0.5, 0.6) is 0 Å². The highest BCUT2D eigenvalue weighted by Gasteiger charge is 2.25. The van der Waals surface area contributed by atoms with Crippen molar-refractivity contribution in [2.24, 2.45) is 0 Å². The molecule has 1 unspecified atom stereocenters. The monoisotopic (exact) mass is 459 g/mol. The van der Waals surface area contributed by atoms with Crippen molar-refractivity contribution < 1.29 is 13.9 Å². The Morgan fingerprint density at radius 2 is 2.00 bits per heavy atom. The highest BCUT2D eigenvalue weighted by atomic mass is 19.1. The molecule has 2 N–H and O–H groups in total. The van der Waals surface area contributed by atoms with E-state index in [2.05, 4.69) is 37.2 Å². The van der Waals surface area contributed by atoms with Gasteiger partial charge in [0.1, 0.15) is 11.6 Å². The Morgan fingerprint density at radius 1 is 1.24 bits per heavy atom. The summed E-state index contributed by atoms with van der Waals surface area (Å²) in [5.41, 5.74) is 2.65. The fourth-order valence-electron chi connectivity index (χ4n) is 3.75. The predicted octanol–water partition coefficient (Wildman–Crippen LogP) is 3.40. The second-order valence-electron chi connectivity index (χ2n) is 8.16. The molecular formula is C26H26FN5O2. The minimum Gasteiger partial charge on any atom is -0.372 e. The number of carbonyl (C=O) groups excluding carboxylic acids is 1. The predicted molar refractivity (Wildman–Crippen MR) is 129 cm³/mol. The minimum atomic E-state index is -0.315. The van der Waals surface area contributed by atoms with Crippen LogP contribution < -0.4 is 10.2 Å². The maximum Gasteiger partial charge on any atom is 0.253 e. The zero-order valence-corrected chi connectivity index (χ0v) is 19.1. The largest absolute Gasteiger partial charge is 0.372 e. The molecule has 34 heavy (non-hydrogen) atoms. The lowest BCUT2D eigenvalue weighted by atomic mass is 10.1. The zero-order chi connectivity index (χ0) is 23.9.